The van der Waals surface area contributed by atoms with Crippen molar-refractivity contribution in [2.45, 2.75) is 13.0 Å². The van der Waals surface area contributed by atoms with E-state index in [1.807, 2.05) is 6.92 Å². The van der Waals surface area contributed by atoms with E-state index in [1.165, 1.54) is 19.2 Å². The monoisotopic (exact) mass is 307 g/mol. The molecule has 0 spiro atoms. The average molecular weight is 308 g/mol. The molecule has 0 heterocycles. The Morgan fingerprint density at radius 3 is 2.52 bits per heavy atom. The number of carbonyl (C=O) groups is 1. The number of hydrogen-bond donors (Lipinski definition) is 1. The zero-order valence-corrected chi connectivity index (χ0v) is 12.4. The minimum Gasteiger partial charge on any atom is -0.467 e. The molecule has 3 nitrogen and oxygen atoms in total. The lowest BCUT2D eigenvalue weighted by molar-refractivity contribution is -0.141. The maximum Gasteiger partial charge on any atom is 0.333 e. The third kappa shape index (κ3) is 3.73. The average Bonchev–Trinajstić information content (AvgIpc) is 2.48. The summed E-state index contributed by atoms with van der Waals surface area (Å²) in [6.45, 7) is 1.81. The number of ether oxygens (including phenoxy) is 1. The Kier molecular flexibility index (Phi) is 4.81. The topological polar surface area (TPSA) is 38.3 Å². The van der Waals surface area contributed by atoms with Crippen molar-refractivity contribution in [2.75, 3.05) is 12.4 Å². The van der Waals surface area contributed by atoms with E-state index in [2.05, 4.69) is 5.32 Å². The summed E-state index contributed by atoms with van der Waals surface area (Å²) in [6.07, 6.45) is 0. The van der Waals surface area contributed by atoms with Crippen LogP contribution in [0.2, 0.25) is 5.02 Å². The van der Waals surface area contributed by atoms with Crippen molar-refractivity contribution >= 4 is 23.3 Å². The largest absolute Gasteiger partial charge is 0.467 e. The van der Waals surface area contributed by atoms with Gasteiger partial charge >= 0.3 is 5.97 Å². The molecule has 0 aliphatic heterocycles. The summed E-state index contributed by atoms with van der Waals surface area (Å²) < 4.78 is 18.3. The molecule has 0 radical (unpaired) electrons. The molecule has 110 valence electrons. The van der Waals surface area contributed by atoms with Gasteiger partial charge in [0, 0.05) is 10.7 Å². The van der Waals surface area contributed by atoms with Crippen molar-refractivity contribution < 1.29 is 13.9 Å². The highest BCUT2D eigenvalue weighted by molar-refractivity contribution is 6.30. The predicted molar refractivity (Wildman–Crippen MR) is 81.0 cm³/mol. The van der Waals surface area contributed by atoms with Gasteiger partial charge in [0.25, 0.3) is 0 Å². The van der Waals surface area contributed by atoms with Gasteiger partial charge in [0.05, 0.1) is 7.11 Å². The summed E-state index contributed by atoms with van der Waals surface area (Å²) >= 11 is 5.83. The van der Waals surface area contributed by atoms with Crippen molar-refractivity contribution in [2.24, 2.45) is 0 Å². The van der Waals surface area contributed by atoms with Crippen LogP contribution in [0.25, 0.3) is 0 Å². The summed E-state index contributed by atoms with van der Waals surface area (Å²) in [5.74, 6) is -0.888. The first kappa shape index (κ1) is 15.3. The standard InChI is InChI=1S/C16H15ClFNO2/c1-10-3-6-12(18)9-14(10)15(16(20)21-2)19-13-7-4-11(17)5-8-13/h3-9,15,19H,1-2H3. The van der Waals surface area contributed by atoms with Crippen molar-refractivity contribution in [1.29, 1.82) is 0 Å². The number of esters is 1. The highest BCUT2D eigenvalue weighted by Crippen LogP contribution is 2.25. The van der Waals surface area contributed by atoms with Gasteiger partial charge in [0.2, 0.25) is 0 Å². The number of rotatable bonds is 4. The zero-order chi connectivity index (χ0) is 15.4. The van der Waals surface area contributed by atoms with Gasteiger partial charge < -0.3 is 10.1 Å². The van der Waals surface area contributed by atoms with Gasteiger partial charge in [-0.25, -0.2) is 9.18 Å². The maximum absolute atomic E-state index is 13.5. The van der Waals surface area contributed by atoms with E-state index < -0.39 is 17.8 Å². The minimum absolute atomic E-state index is 0.401. The van der Waals surface area contributed by atoms with Crippen molar-refractivity contribution in [3.8, 4) is 0 Å². The lowest BCUT2D eigenvalue weighted by Crippen LogP contribution is -2.23. The number of halogens is 2. The fraction of sp³-hybridized carbons (Fsp3) is 0.188. The molecule has 0 saturated carbocycles. The van der Waals surface area contributed by atoms with Crippen LogP contribution in [0.4, 0.5) is 10.1 Å². The Balaban J connectivity index is 2.36. The van der Waals surface area contributed by atoms with Crippen LogP contribution in [-0.2, 0) is 9.53 Å². The fourth-order valence-corrected chi connectivity index (χ4v) is 2.14. The van der Waals surface area contributed by atoms with Crippen LogP contribution in [0.15, 0.2) is 42.5 Å². The van der Waals surface area contributed by atoms with Gasteiger partial charge in [-0.05, 0) is 54.4 Å². The summed E-state index contributed by atoms with van der Waals surface area (Å²) in [5, 5.41) is 3.64. The quantitative estimate of drug-likeness (QED) is 0.864. The molecule has 0 aromatic heterocycles. The van der Waals surface area contributed by atoms with Crippen LogP contribution in [0.5, 0.6) is 0 Å². The highest BCUT2D eigenvalue weighted by Gasteiger charge is 2.23. The van der Waals surface area contributed by atoms with E-state index in [9.17, 15) is 9.18 Å². The number of aryl methyl sites for hydroxylation is 1. The second-order valence-corrected chi connectivity index (χ2v) is 5.04. The van der Waals surface area contributed by atoms with Gasteiger partial charge in [0.15, 0.2) is 6.04 Å². The van der Waals surface area contributed by atoms with Gasteiger partial charge in [0.1, 0.15) is 5.82 Å². The molecule has 1 N–H and O–H groups in total. The zero-order valence-electron chi connectivity index (χ0n) is 11.7. The molecule has 0 saturated heterocycles. The summed E-state index contributed by atoms with van der Waals surface area (Å²) in [6, 6.07) is 10.4. The molecule has 0 amide bonds. The molecular formula is C16H15ClFNO2. The van der Waals surface area contributed by atoms with Crippen LogP contribution >= 0.6 is 11.6 Å². The van der Waals surface area contributed by atoms with Crippen LogP contribution in [-0.4, -0.2) is 13.1 Å². The molecule has 1 unspecified atom stereocenters. The number of nitrogens with one attached hydrogen (secondary N) is 1. The second kappa shape index (κ2) is 6.59. The fourth-order valence-electron chi connectivity index (χ4n) is 2.02. The van der Waals surface area contributed by atoms with Crippen molar-refractivity contribution in [3.63, 3.8) is 0 Å². The van der Waals surface area contributed by atoms with Crippen LogP contribution < -0.4 is 5.32 Å². The third-order valence-electron chi connectivity index (χ3n) is 3.14. The van der Waals surface area contributed by atoms with Crippen molar-refractivity contribution in [3.05, 3.63) is 64.4 Å². The number of methoxy groups -OCH3 is 1. The van der Waals surface area contributed by atoms with Gasteiger partial charge in [-0.2, -0.15) is 0 Å². The normalized spacial score (nSPS) is 11.8. The van der Waals surface area contributed by atoms with E-state index in [0.29, 0.717) is 16.3 Å². The highest BCUT2D eigenvalue weighted by atomic mass is 35.5. The van der Waals surface area contributed by atoms with E-state index in [4.69, 9.17) is 16.3 Å². The van der Waals surface area contributed by atoms with Crippen LogP contribution in [0.3, 0.4) is 0 Å². The van der Waals surface area contributed by atoms with Crippen LogP contribution in [0.1, 0.15) is 17.2 Å². The number of hydrogen-bond acceptors (Lipinski definition) is 3. The molecule has 2 rings (SSSR count). The summed E-state index contributed by atoms with van der Waals surface area (Å²) in [7, 11) is 1.30. The molecule has 0 aliphatic rings. The molecule has 21 heavy (non-hydrogen) atoms. The lowest BCUT2D eigenvalue weighted by atomic mass is 10.0. The molecule has 1 atom stereocenters. The summed E-state index contributed by atoms with van der Waals surface area (Å²) in [4.78, 5) is 12.0. The van der Waals surface area contributed by atoms with Crippen LogP contribution in [0, 0.1) is 12.7 Å². The Morgan fingerprint density at radius 1 is 1.24 bits per heavy atom. The third-order valence-corrected chi connectivity index (χ3v) is 3.40. The van der Waals surface area contributed by atoms with Crippen molar-refractivity contribution in [1.82, 2.24) is 0 Å². The molecule has 0 aliphatic carbocycles. The molecule has 0 fully saturated rings. The van der Waals surface area contributed by atoms with Gasteiger partial charge in [-0.15, -0.1) is 0 Å². The van der Waals surface area contributed by atoms with E-state index in [1.54, 1.807) is 30.3 Å². The molecule has 0 bridgehead atoms. The first-order valence-electron chi connectivity index (χ1n) is 6.37. The first-order chi connectivity index (χ1) is 10.0. The van der Waals surface area contributed by atoms with E-state index >= 15 is 0 Å². The smallest absolute Gasteiger partial charge is 0.333 e. The van der Waals surface area contributed by atoms with Gasteiger partial charge in [-0.3, -0.25) is 0 Å². The Hall–Kier alpha value is -2.07. The van der Waals surface area contributed by atoms with E-state index in [-0.39, 0.29) is 0 Å². The number of benzene rings is 2. The predicted octanol–water partition coefficient (Wildman–Crippen LogP) is 4.11. The first-order valence-corrected chi connectivity index (χ1v) is 6.75. The molecular weight excluding hydrogens is 293 g/mol. The van der Waals surface area contributed by atoms with E-state index in [0.717, 1.165) is 5.56 Å². The number of anilines is 1. The Labute approximate surface area is 127 Å². The molecule has 5 heteroatoms. The maximum atomic E-state index is 13.5. The molecule has 2 aromatic rings. The number of carbonyl (C=O) groups excluding carboxylic acids is 1. The molecule has 2 aromatic carbocycles. The summed E-state index contributed by atoms with van der Waals surface area (Å²) in [5.41, 5.74) is 2.03. The Bertz CT molecular complexity index is 643. The lowest BCUT2D eigenvalue weighted by Gasteiger charge is -2.20. The second-order valence-electron chi connectivity index (χ2n) is 4.61. The van der Waals surface area contributed by atoms with Gasteiger partial charge in [-0.1, -0.05) is 17.7 Å². The Morgan fingerprint density at radius 2 is 1.90 bits per heavy atom. The minimum atomic E-state index is -0.785. The SMILES string of the molecule is COC(=O)C(Nc1ccc(Cl)cc1)c1cc(F)ccc1C.